The largest absolute Gasteiger partial charge is 0.466 e. The second-order valence-corrected chi connectivity index (χ2v) is 4.90. The fraction of sp³-hybridized carbons (Fsp3) is 0.267. The molecule has 1 aromatic carbocycles. The van der Waals surface area contributed by atoms with Crippen molar-refractivity contribution in [1.29, 1.82) is 5.26 Å². The van der Waals surface area contributed by atoms with Gasteiger partial charge in [0.2, 0.25) is 5.91 Å². The van der Waals surface area contributed by atoms with Crippen LogP contribution in [0, 0.1) is 16.7 Å². The van der Waals surface area contributed by atoms with E-state index in [2.05, 4.69) is 10.1 Å². The molecule has 102 valence electrons. The monoisotopic (exact) mass is 270 g/mol. The van der Waals surface area contributed by atoms with Crippen LogP contribution in [0.15, 0.2) is 35.9 Å². The minimum atomic E-state index is -0.697. The molecule has 1 aliphatic carbocycles. The SMILES string of the molecule is COC(=O)C1=CC(C)(C(=O)Nc2ccc(C#N)cc2)C1. The lowest BCUT2D eigenvalue weighted by Gasteiger charge is -2.33. The molecule has 0 heterocycles. The molecule has 1 unspecified atom stereocenters. The minimum absolute atomic E-state index is 0.185. The van der Waals surface area contributed by atoms with Crippen LogP contribution < -0.4 is 5.32 Å². The Labute approximate surface area is 116 Å². The molecule has 0 bridgehead atoms. The van der Waals surface area contributed by atoms with Crippen LogP contribution >= 0.6 is 0 Å². The molecule has 0 saturated heterocycles. The van der Waals surface area contributed by atoms with Crippen LogP contribution in [0.4, 0.5) is 5.69 Å². The van der Waals surface area contributed by atoms with E-state index in [9.17, 15) is 9.59 Å². The van der Waals surface area contributed by atoms with Crippen molar-refractivity contribution in [2.75, 3.05) is 12.4 Å². The van der Waals surface area contributed by atoms with Gasteiger partial charge in [0.05, 0.1) is 24.2 Å². The first kappa shape index (κ1) is 13.8. The van der Waals surface area contributed by atoms with Crippen molar-refractivity contribution in [3.63, 3.8) is 0 Å². The number of carbonyl (C=O) groups is 2. The average molecular weight is 270 g/mol. The summed E-state index contributed by atoms with van der Waals surface area (Å²) >= 11 is 0. The van der Waals surface area contributed by atoms with Gasteiger partial charge in [-0.3, -0.25) is 4.79 Å². The maximum atomic E-state index is 12.2. The fourth-order valence-corrected chi connectivity index (χ4v) is 2.06. The summed E-state index contributed by atoms with van der Waals surface area (Å²) in [5, 5.41) is 11.5. The first-order valence-electron chi connectivity index (χ1n) is 6.10. The Bertz CT molecular complexity index is 626. The summed E-state index contributed by atoms with van der Waals surface area (Å²) in [6.07, 6.45) is 1.99. The number of nitrogens with one attached hydrogen (secondary N) is 1. The molecular formula is C15H14N2O3. The Morgan fingerprint density at radius 3 is 2.45 bits per heavy atom. The van der Waals surface area contributed by atoms with Gasteiger partial charge in [0.25, 0.3) is 0 Å². The van der Waals surface area contributed by atoms with Gasteiger partial charge in [0, 0.05) is 11.3 Å². The third-order valence-electron chi connectivity index (χ3n) is 3.29. The van der Waals surface area contributed by atoms with E-state index in [1.54, 1.807) is 37.3 Å². The molecule has 0 aliphatic heterocycles. The number of nitrogens with zero attached hydrogens (tertiary/aromatic N) is 1. The maximum Gasteiger partial charge on any atom is 0.333 e. The normalized spacial score (nSPS) is 20.1. The van der Waals surface area contributed by atoms with Crippen molar-refractivity contribution in [2.24, 2.45) is 5.41 Å². The van der Waals surface area contributed by atoms with Gasteiger partial charge in [0.15, 0.2) is 0 Å². The molecule has 1 N–H and O–H groups in total. The molecule has 2 rings (SSSR count). The van der Waals surface area contributed by atoms with E-state index >= 15 is 0 Å². The summed E-state index contributed by atoms with van der Waals surface area (Å²) in [5.74, 6) is -0.580. The van der Waals surface area contributed by atoms with E-state index in [1.807, 2.05) is 6.07 Å². The molecule has 0 radical (unpaired) electrons. The first-order chi connectivity index (χ1) is 9.48. The molecule has 0 spiro atoms. The van der Waals surface area contributed by atoms with Crippen LogP contribution in [-0.2, 0) is 14.3 Å². The molecule has 1 atom stereocenters. The molecule has 0 fully saturated rings. The quantitative estimate of drug-likeness (QED) is 0.852. The Morgan fingerprint density at radius 2 is 1.95 bits per heavy atom. The molecule has 20 heavy (non-hydrogen) atoms. The van der Waals surface area contributed by atoms with Gasteiger partial charge >= 0.3 is 5.97 Å². The highest BCUT2D eigenvalue weighted by molar-refractivity contribution is 6.02. The highest BCUT2D eigenvalue weighted by atomic mass is 16.5. The molecule has 1 aromatic rings. The van der Waals surface area contributed by atoms with Gasteiger partial charge < -0.3 is 10.1 Å². The van der Waals surface area contributed by atoms with E-state index in [-0.39, 0.29) is 5.91 Å². The number of hydrogen-bond acceptors (Lipinski definition) is 4. The van der Waals surface area contributed by atoms with Gasteiger partial charge in [-0.2, -0.15) is 5.26 Å². The van der Waals surface area contributed by atoms with Crippen LogP contribution in [0.5, 0.6) is 0 Å². The second-order valence-electron chi connectivity index (χ2n) is 4.90. The summed E-state index contributed by atoms with van der Waals surface area (Å²) in [4.78, 5) is 23.4. The third-order valence-corrected chi connectivity index (χ3v) is 3.29. The van der Waals surface area contributed by atoms with Crippen LogP contribution in [0.3, 0.4) is 0 Å². The number of amides is 1. The standard InChI is InChI=1S/C15H14N2O3/c1-15(7-11(8-15)13(18)20-2)14(19)17-12-5-3-10(9-16)4-6-12/h3-7H,8H2,1-2H3,(H,17,19). The Hall–Kier alpha value is -2.61. The van der Waals surface area contributed by atoms with Crippen molar-refractivity contribution in [3.8, 4) is 6.07 Å². The number of hydrogen-bond donors (Lipinski definition) is 1. The average Bonchev–Trinajstić information content (AvgIpc) is 2.43. The number of ether oxygens (including phenoxy) is 1. The zero-order valence-electron chi connectivity index (χ0n) is 11.3. The maximum absolute atomic E-state index is 12.2. The lowest BCUT2D eigenvalue weighted by molar-refractivity contribution is -0.137. The summed E-state index contributed by atoms with van der Waals surface area (Å²) in [6.45, 7) is 1.76. The van der Waals surface area contributed by atoms with E-state index in [0.717, 1.165) is 0 Å². The van der Waals surface area contributed by atoms with Gasteiger partial charge in [-0.1, -0.05) is 6.08 Å². The van der Waals surface area contributed by atoms with E-state index in [0.29, 0.717) is 23.2 Å². The molecule has 0 aromatic heterocycles. The number of methoxy groups -OCH3 is 1. The van der Waals surface area contributed by atoms with E-state index in [4.69, 9.17) is 5.26 Å². The number of rotatable bonds is 3. The molecule has 1 amide bonds. The highest BCUT2D eigenvalue weighted by Gasteiger charge is 2.42. The first-order valence-corrected chi connectivity index (χ1v) is 6.10. The topological polar surface area (TPSA) is 79.2 Å². The molecular weight excluding hydrogens is 256 g/mol. The summed E-state index contributed by atoms with van der Waals surface area (Å²) < 4.78 is 4.60. The van der Waals surface area contributed by atoms with Crippen molar-refractivity contribution in [2.45, 2.75) is 13.3 Å². The van der Waals surface area contributed by atoms with Crippen molar-refractivity contribution in [1.82, 2.24) is 0 Å². The summed E-state index contributed by atoms with van der Waals surface area (Å²) in [5.41, 5.74) is 0.975. The van der Waals surface area contributed by atoms with Gasteiger partial charge in [-0.15, -0.1) is 0 Å². The number of benzene rings is 1. The summed E-state index contributed by atoms with van der Waals surface area (Å²) in [7, 11) is 1.32. The second kappa shape index (κ2) is 5.17. The third kappa shape index (κ3) is 2.54. The Morgan fingerprint density at radius 1 is 1.35 bits per heavy atom. The van der Waals surface area contributed by atoms with Crippen LogP contribution in [0.25, 0.3) is 0 Å². The van der Waals surface area contributed by atoms with Gasteiger partial charge in [0.1, 0.15) is 0 Å². The minimum Gasteiger partial charge on any atom is -0.466 e. The fourth-order valence-electron chi connectivity index (χ4n) is 2.06. The predicted octanol–water partition coefficient (Wildman–Crippen LogP) is 2.01. The zero-order chi connectivity index (χ0) is 14.8. The number of nitriles is 1. The molecule has 5 heteroatoms. The van der Waals surface area contributed by atoms with Crippen molar-refractivity contribution >= 4 is 17.6 Å². The van der Waals surface area contributed by atoms with Crippen LogP contribution in [0.1, 0.15) is 18.9 Å². The molecule has 0 saturated carbocycles. The number of carbonyl (C=O) groups excluding carboxylic acids is 2. The van der Waals surface area contributed by atoms with Crippen LogP contribution in [0.2, 0.25) is 0 Å². The molecule has 5 nitrogen and oxygen atoms in total. The number of anilines is 1. The lowest BCUT2D eigenvalue weighted by atomic mass is 9.72. The van der Waals surface area contributed by atoms with Crippen LogP contribution in [-0.4, -0.2) is 19.0 Å². The Balaban J connectivity index is 2.04. The van der Waals surface area contributed by atoms with Gasteiger partial charge in [-0.25, -0.2) is 4.79 Å². The smallest absolute Gasteiger partial charge is 0.333 e. The van der Waals surface area contributed by atoms with Gasteiger partial charge in [-0.05, 0) is 37.6 Å². The van der Waals surface area contributed by atoms with Crippen molar-refractivity contribution < 1.29 is 14.3 Å². The van der Waals surface area contributed by atoms with E-state index < -0.39 is 11.4 Å². The molecule has 1 aliphatic rings. The highest BCUT2D eigenvalue weighted by Crippen LogP contribution is 2.40. The Kier molecular flexibility index (Phi) is 3.57. The summed E-state index contributed by atoms with van der Waals surface area (Å²) in [6, 6.07) is 8.62. The predicted molar refractivity (Wildman–Crippen MR) is 72.6 cm³/mol. The number of esters is 1. The van der Waals surface area contributed by atoms with Crippen molar-refractivity contribution in [3.05, 3.63) is 41.5 Å². The zero-order valence-corrected chi connectivity index (χ0v) is 11.3. The van der Waals surface area contributed by atoms with E-state index in [1.165, 1.54) is 7.11 Å². The lowest BCUT2D eigenvalue weighted by Crippen LogP contribution is -2.39.